The van der Waals surface area contributed by atoms with Gasteiger partial charge in [-0.2, -0.15) is 0 Å². The van der Waals surface area contributed by atoms with Crippen molar-refractivity contribution in [1.29, 1.82) is 0 Å². The van der Waals surface area contributed by atoms with Crippen LogP contribution >= 0.6 is 25.8 Å². The van der Waals surface area contributed by atoms with E-state index < -0.39 is 25.8 Å². The Morgan fingerprint density at radius 2 is 0.347 bits per heavy atom. The maximum Gasteiger partial charge on any atom is 0.530 e. The summed E-state index contributed by atoms with van der Waals surface area (Å²) in [5.74, 6) is 6.41. The molecule has 0 unspecified atom stereocenters. The molecule has 14 heteroatoms. The van der Waals surface area contributed by atoms with Crippen LogP contribution in [0.25, 0.3) is 0 Å². The first kappa shape index (κ1) is 55.6. The van der Waals surface area contributed by atoms with Gasteiger partial charge in [-0.05, 0) is 130 Å². The van der Waals surface area contributed by atoms with Gasteiger partial charge in [0.25, 0.3) is 6.79 Å². The Labute approximate surface area is 436 Å². The molecular formula is C58H51NiO10P3. The van der Waals surface area contributed by atoms with Crippen LogP contribution in [-0.2, 0) is 21.3 Å². The van der Waals surface area contributed by atoms with Crippen molar-refractivity contribution in [3.05, 3.63) is 271 Å². The predicted octanol–water partition coefficient (Wildman–Crippen LogP) is 16.9. The average molecular weight is 1060 g/mol. The number of hydrogen-bond donors (Lipinski definition) is 0. The molecule has 0 aliphatic carbocycles. The summed E-state index contributed by atoms with van der Waals surface area (Å²) in [6.07, 6.45) is 0. The maximum atomic E-state index is 7.50. The van der Waals surface area contributed by atoms with E-state index in [9.17, 15) is 0 Å². The first-order valence-electron chi connectivity index (χ1n) is 22.1. The molecule has 9 aromatic carbocycles. The summed E-state index contributed by atoms with van der Waals surface area (Å²) in [6, 6.07) is 80.5. The predicted molar refractivity (Wildman–Crippen MR) is 284 cm³/mol. The van der Waals surface area contributed by atoms with E-state index in [2.05, 4.69) is 6.79 Å². The Bertz CT molecular complexity index is 2360. The number of carbonyl (C=O) groups excluding carboxylic acids is 1. The third-order valence-electron chi connectivity index (χ3n) is 9.14. The molecule has 0 heterocycles. The third kappa shape index (κ3) is 20.9. The van der Waals surface area contributed by atoms with Gasteiger partial charge >= 0.3 is 25.8 Å². The zero-order valence-electron chi connectivity index (χ0n) is 39.5. The van der Waals surface area contributed by atoms with Gasteiger partial charge in [0.15, 0.2) is 0 Å². The minimum Gasteiger partial charge on any atom is -0.409 e. The van der Waals surface area contributed by atoms with Crippen LogP contribution in [0, 0.1) is 20.8 Å². The smallest absolute Gasteiger partial charge is 0.409 e. The molecule has 0 N–H and O–H groups in total. The molecule has 0 aromatic heterocycles. The minimum absolute atomic E-state index is 0. The molecule has 9 rings (SSSR count). The first-order chi connectivity index (χ1) is 34.9. The number of rotatable bonds is 18. The summed E-state index contributed by atoms with van der Waals surface area (Å²) in [5.41, 5.74) is 3.53. The molecule has 0 fully saturated rings. The second kappa shape index (κ2) is 31.8. The van der Waals surface area contributed by atoms with Gasteiger partial charge in [-0.25, -0.2) is 0 Å². The van der Waals surface area contributed by atoms with Crippen LogP contribution in [0.15, 0.2) is 255 Å². The molecule has 0 saturated carbocycles. The fraction of sp³-hybridized carbons (Fsp3) is 0.0517. The van der Waals surface area contributed by atoms with Crippen LogP contribution in [0.5, 0.6) is 51.7 Å². The summed E-state index contributed by atoms with van der Waals surface area (Å²) < 4.78 is 52.9. The van der Waals surface area contributed by atoms with Crippen LogP contribution in [0.2, 0.25) is 0 Å². The zero-order chi connectivity index (χ0) is 49.7. The van der Waals surface area contributed by atoms with Gasteiger partial charge < -0.3 is 40.7 Å². The van der Waals surface area contributed by atoms with E-state index in [0.29, 0.717) is 34.5 Å². The molecule has 9 aromatic rings. The van der Waals surface area contributed by atoms with Crippen molar-refractivity contribution >= 4 is 32.6 Å². The fourth-order valence-electron chi connectivity index (χ4n) is 5.63. The molecule has 0 bridgehead atoms. The van der Waals surface area contributed by atoms with Crippen LogP contribution in [-0.4, -0.2) is 6.79 Å². The normalized spacial score (nSPS) is 9.97. The molecule has 0 saturated heterocycles. The van der Waals surface area contributed by atoms with Gasteiger partial charge in [0.2, 0.25) is 0 Å². The Hall–Kier alpha value is -7.37. The zero-order valence-corrected chi connectivity index (χ0v) is 43.2. The van der Waals surface area contributed by atoms with Crippen molar-refractivity contribution < 1.29 is 62.0 Å². The Morgan fingerprint density at radius 1 is 0.222 bits per heavy atom. The quantitative estimate of drug-likeness (QED) is 0.0610. The summed E-state index contributed by atoms with van der Waals surface area (Å²) in [4.78, 5) is 7.50. The van der Waals surface area contributed by atoms with Gasteiger partial charge in [0, 0.05) is 16.5 Å². The van der Waals surface area contributed by atoms with Crippen molar-refractivity contribution in [3.63, 3.8) is 0 Å². The van der Waals surface area contributed by atoms with Crippen LogP contribution in [0.4, 0.5) is 0 Å². The molecule has 0 aliphatic rings. The van der Waals surface area contributed by atoms with Crippen molar-refractivity contribution in [2.75, 3.05) is 0 Å². The van der Waals surface area contributed by atoms with E-state index in [-0.39, 0.29) is 16.5 Å². The third-order valence-corrected chi connectivity index (χ3v) is 12.4. The van der Waals surface area contributed by atoms with E-state index in [4.69, 9.17) is 45.5 Å². The standard InChI is InChI=1S/C21H21O3P.2C18H15O3P.CO.Ni/c1-16-4-10-19(11-5-16)22-25(23-20-12-6-17(2)7-13-20)24-21-14-8-18(3)9-15-21;2*1-4-10-16(11-5-1)19-22(20-17-12-6-2-7-13-17)21-18-14-8-3-9-15-18;1-2;/h4-15H,1-3H3;2*1-15H;;. The summed E-state index contributed by atoms with van der Waals surface area (Å²) in [6.45, 7) is 10.6. The van der Waals surface area contributed by atoms with Gasteiger partial charge in [-0.3, -0.25) is 4.79 Å². The first-order valence-corrected chi connectivity index (χ1v) is 25.4. The van der Waals surface area contributed by atoms with Crippen molar-refractivity contribution in [2.45, 2.75) is 20.8 Å². The number of hydrogen-bond acceptors (Lipinski definition) is 10. The second-order valence-electron chi connectivity index (χ2n) is 14.8. The minimum atomic E-state index is -1.62. The molecule has 2 radical (unpaired) electrons. The largest absolute Gasteiger partial charge is 0.530 e. The number of benzene rings is 9. The monoisotopic (exact) mass is 1060 g/mol. The van der Waals surface area contributed by atoms with E-state index >= 15 is 0 Å². The van der Waals surface area contributed by atoms with E-state index in [1.165, 1.54) is 16.7 Å². The summed E-state index contributed by atoms with van der Waals surface area (Å²) in [5, 5.41) is 0. The molecule has 368 valence electrons. The molecule has 10 nitrogen and oxygen atoms in total. The molecule has 0 aliphatic heterocycles. The topological polar surface area (TPSA) is 100 Å². The van der Waals surface area contributed by atoms with E-state index in [1.807, 2.05) is 276 Å². The van der Waals surface area contributed by atoms with Gasteiger partial charge in [0.05, 0.1) is 0 Å². The molecule has 0 atom stereocenters. The molecule has 0 amide bonds. The Morgan fingerprint density at radius 3 is 0.486 bits per heavy atom. The van der Waals surface area contributed by atoms with E-state index in [1.54, 1.807) is 0 Å². The number of aryl methyl sites for hydroxylation is 3. The maximum absolute atomic E-state index is 7.50. The molecular weight excluding hydrogens is 1010 g/mol. The van der Waals surface area contributed by atoms with Gasteiger partial charge in [0.1, 0.15) is 51.7 Å². The van der Waals surface area contributed by atoms with Crippen molar-refractivity contribution in [1.82, 2.24) is 0 Å². The second-order valence-corrected chi connectivity index (χ2v) is 17.8. The summed E-state index contributed by atoms with van der Waals surface area (Å²) in [7, 11) is -4.80. The average Bonchev–Trinajstić information content (AvgIpc) is 3.41. The van der Waals surface area contributed by atoms with Crippen LogP contribution in [0.3, 0.4) is 0 Å². The van der Waals surface area contributed by atoms with Gasteiger partial charge in [-0.1, -0.05) is 162 Å². The van der Waals surface area contributed by atoms with Crippen LogP contribution in [0.1, 0.15) is 16.7 Å². The fourth-order valence-corrected chi connectivity index (χ4v) is 8.61. The van der Waals surface area contributed by atoms with E-state index in [0.717, 1.165) is 17.2 Å². The summed E-state index contributed by atoms with van der Waals surface area (Å²) >= 11 is 0. The molecule has 0 spiro atoms. The Kier molecular flexibility index (Phi) is 24.5. The van der Waals surface area contributed by atoms with Gasteiger partial charge in [-0.15, -0.1) is 0 Å². The number of para-hydroxylation sites is 6. The van der Waals surface area contributed by atoms with Crippen molar-refractivity contribution in [2.24, 2.45) is 0 Å². The SMILES string of the molecule is Cc1ccc(OP(Oc2ccc(C)cc2)Oc2ccc(C)cc2)cc1.[C]=O.[Ni].c1ccc(OP(Oc2ccccc2)Oc2ccccc2)cc1.c1ccc(OP(Oc2ccccc2)Oc2ccccc2)cc1. The van der Waals surface area contributed by atoms with Crippen molar-refractivity contribution in [3.8, 4) is 51.7 Å². The molecule has 72 heavy (non-hydrogen) atoms. The van der Waals surface area contributed by atoms with Crippen LogP contribution < -0.4 is 40.7 Å². The Balaban J connectivity index is 0.000000196.